The molecular weight excluding hydrogens is 799 g/mol. The van der Waals surface area contributed by atoms with E-state index in [-0.39, 0.29) is 0 Å². The van der Waals surface area contributed by atoms with Crippen molar-refractivity contribution in [1.82, 2.24) is 0 Å². The van der Waals surface area contributed by atoms with Crippen LogP contribution in [0, 0.1) is 0 Å². The van der Waals surface area contributed by atoms with Crippen LogP contribution in [-0.4, -0.2) is 0 Å². The van der Waals surface area contributed by atoms with Gasteiger partial charge in [-0.1, -0.05) is 188 Å². The molecule has 1 aromatic heterocycles. The molecule has 0 atom stereocenters. The highest BCUT2D eigenvalue weighted by molar-refractivity contribution is 6.22. The van der Waals surface area contributed by atoms with Crippen LogP contribution in [0.1, 0.15) is 0 Å². The Hall–Kier alpha value is -8.72. The first-order chi connectivity index (χ1) is 32.7. The molecule has 0 spiro atoms. The van der Waals surface area contributed by atoms with Crippen LogP contribution in [0.4, 0.5) is 17.1 Å². The molecule has 1 heterocycles. The van der Waals surface area contributed by atoms with Crippen molar-refractivity contribution in [2.75, 3.05) is 4.90 Å². The third-order valence-corrected chi connectivity index (χ3v) is 13.4. The summed E-state index contributed by atoms with van der Waals surface area (Å²) in [6.45, 7) is 0. The summed E-state index contributed by atoms with van der Waals surface area (Å²) in [6, 6.07) is 90.3. The van der Waals surface area contributed by atoms with Gasteiger partial charge in [0, 0.05) is 39.3 Å². The molecule has 2 heteroatoms. The minimum absolute atomic E-state index is 0.860. The van der Waals surface area contributed by atoms with Gasteiger partial charge in [-0.3, -0.25) is 0 Å². The standard InChI is InChI=1S/C64H41NO/c1-3-16-45(17-4-1)62-58-25-12-11-24-55(58)56-35-31-50(40-60(56)63(62)46-18-5-2-6-19-46)43-28-32-51(33-29-43)65(52-22-13-21-48(39-52)49-27-26-42-14-7-8-20-47(42)38-49)53-34-37-57-59-36-30-44-15-9-10-23-54(44)64(59)66-61(57)41-53/h1-41H. The van der Waals surface area contributed by atoms with Gasteiger partial charge in [0.05, 0.1) is 0 Å². The van der Waals surface area contributed by atoms with Crippen LogP contribution in [0.25, 0.3) is 110 Å². The van der Waals surface area contributed by atoms with Crippen molar-refractivity contribution in [1.29, 1.82) is 0 Å². The van der Waals surface area contributed by atoms with Crippen LogP contribution >= 0.6 is 0 Å². The van der Waals surface area contributed by atoms with Crippen molar-refractivity contribution in [3.05, 3.63) is 249 Å². The molecule has 13 rings (SSSR count). The summed E-state index contributed by atoms with van der Waals surface area (Å²) in [5.74, 6) is 0. The fraction of sp³-hybridized carbons (Fsp3) is 0. The van der Waals surface area contributed by atoms with Crippen LogP contribution in [0.3, 0.4) is 0 Å². The summed E-state index contributed by atoms with van der Waals surface area (Å²) >= 11 is 0. The largest absolute Gasteiger partial charge is 0.455 e. The molecule has 0 unspecified atom stereocenters. The number of rotatable bonds is 7. The van der Waals surface area contributed by atoms with E-state index in [1.54, 1.807) is 0 Å². The number of anilines is 3. The van der Waals surface area contributed by atoms with Crippen molar-refractivity contribution >= 4 is 82.1 Å². The third-order valence-electron chi connectivity index (χ3n) is 13.4. The number of fused-ring (bicyclic) bond motifs is 9. The quantitative estimate of drug-likeness (QED) is 0.149. The highest BCUT2D eigenvalue weighted by atomic mass is 16.3. The second kappa shape index (κ2) is 15.5. The zero-order chi connectivity index (χ0) is 43.6. The molecule has 66 heavy (non-hydrogen) atoms. The normalized spacial score (nSPS) is 11.6. The summed E-state index contributed by atoms with van der Waals surface area (Å²) < 4.78 is 6.75. The fourth-order valence-corrected chi connectivity index (χ4v) is 10.3. The molecule has 12 aromatic carbocycles. The third kappa shape index (κ3) is 6.34. The number of furan rings is 1. The topological polar surface area (TPSA) is 16.4 Å². The van der Waals surface area contributed by atoms with E-state index in [0.717, 1.165) is 55.5 Å². The highest BCUT2D eigenvalue weighted by Gasteiger charge is 2.20. The summed E-state index contributed by atoms with van der Waals surface area (Å²) in [5, 5.41) is 12.0. The smallest absolute Gasteiger partial charge is 0.143 e. The molecule has 2 nitrogen and oxygen atoms in total. The highest BCUT2D eigenvalue weighted by Crippen LogP contribution is 2.46. The van der Waals surface area contributed by atoms with Gasteiger partial charge in [-0.25, -0.2) is 0 Å². The average molecular weight is 840 g/mol. The lowest BCUT2D eigenvalue weighted by atomic mass is 9.84. The first-order valence-corrected chi connectivity index (χ1v) is 22.7. The van der Waals surface area contributed by atoms with Gasteiger partial charge in [-0.15, -0.1) is 0 Å². The molecule has 0 fully saturated rings. The van der Waals surface area contributed by atoms with Gasteiger partial charge < -0.3 is 9.32 Å². The van der Waals surface area contributed by atoms with Crippen LogP contribution in [-0.2, 0) is 0 Å². The average Bonchev–Trinajstić information content (AvgIpc) is 3.77. The maximum Gasteiger partial charge on any atom is 0.143 e. The predicted molar refractivity (Wildman–Crippen MR) is 280 cm³/mol. The van der Waals surface area contributed by atoms with E-state index in [4.69, 9.17) is 4.42 Å². The molecule has 0 saturated carbocycles. The Bertz CT molecular complexity index is 3980. The summed E-state index contributed by atoms with van der Waals surface area (Å²) in [7, 11) is 0. The lowest BCUT2D eigenvalue weighted by Crippen LogP contribution is -2.10. The van der Waals surface area contributed by atoms with Crippen LogP contribution in [0.2, 0.25) is 0 Å². The number of hydrogen-bond acceptors (Lipinski definition) is 2. The van der Waals surface area contributed by atoms with Crippen LogP contribution < -0.4 is 4.90 Å². The first-order valence-electron chi connectivity index (χ1n) is 22.7. The second-order valence-corrected chi connectivity index (χ2v) is 17.2. The Balaban J connectivity index is 0.967. The van der Waals surface area contributed by atoms with Gasteiger partial charge in [-0.05, 0) is 137 Å². The fourth-order valence-electron chi connectivity index (χ4n) is 10.3. The molecular formula is C64H41NO. The number of hydrogen-bond donors (Lipinski definition) is 0. The predicted octanol–water partition coefficient (Wildman–Crippen LogP) is 18.3. The molecule has 13 aromatic rings. The van der Waals surface area contributed by atoms with Crippen molar-refractivity contribution in [3.8, 4) is 44.5 Å². The molecule has 0 aliphatic carbocycles. The first kappa shape index (κ1) is 37.8. The minimum atomic E-state index is 0.860. The Morgan fingerprint density at radius 3 is 1.55 bits per heavy atom. The Morgan fingerprint density at radius 1 is 0.242 bits per heavy atom. The molecule has 0 saturated heterocycles. The molecule has 308 valence electrons. The SMILES string of the molecule is c1ccc(-c2c(-c3ccccc3)c3cc(-c4ccc(N(c5cccc(-c6ccc7ccccc7c6)c5)c5ccc6c(c5)oc5c7ccccc7ccc65)cc4)ccc3c3ccccc23)cc1. The van der Waals surface area contributed by atoms with E-state index in [9.17, 15) is 0 Å². The van der Waals surface area contributed by atoms with Crippen molar-refractivity contribution in [3.63, 3.8) is 0 Å². The number of benzene rings is 12. The lowest BCUT2D eigenvalue weighted by Gasteiger charge is -2.26. The summed E-state index contributed by atoms with van der Waals surface area (Å²) in [6.07, 6.45) is 0. The van der Waals surface area contributed by atoms with Gasteiger partial charge in [0.2, 0.25) is 0 Å². The molecule has 0 amide bonds. The molecule has 0 bridgehead atoms. The Kier molecular flexibility index (Phi) is 8.89. The van der Waals surface area contributed by atoms with Crippen molar-refractivity contribution in [2.24, 2.45) is 0 Å². The lowest BCUT2D eigenvalue weighted by molar-refractivity contribution is 0.672. The number of nitrogens with zero attached hydrogens (tertiary/aromatic N) is 1. The minimum Gasteiger partial charge on any atom is -0.455 e. The van der Waals surface area contributed by atoms with E-state index >= 15 is 0 Å². The van der Waals surface area contributed by atoms with Gasteiger partial charge in [0.1, 0.15) is 11.2 Å². The van der Waals surface area contributed by atoms with E-state index in [1.165, 1.54) is 71.1 Å². The molecule has 0 aliphatic rings. The maximum absolute atomic E-state index is 6.75. The van der Waals surface area contributed by atoms with Gasteiger partial charge >= 0.3 is 0 Å². The maximum atomic E-state index is 6.75. The van der Waals surface area contributed by atoms with Crippen LogP contribution in [0.5, 0.6) is 0 Å². The van der Waals surface area contributed by atoms with Crippen LogP contribution in [0.15, 0.2) is 253 Å². The van der Waals surface area contributed by atoms with Gasteiger partial charge in [0.15, 0.2) is 0 Å². The summed E-state index contributed by atoms with van der Waals surface area (Å²) in [4.78, 5) is 2.35. The van der Waals surface area contributed by atoms with Gasteiger partial charge in [0.25, 0.3) is 0 Å². The molecule has 0 radical (unpaired) electrons. The zero-order valence-corrected chi connectivity index (χ0v) is 36.0. The second-order valence-electron chi connectivity index (χ2n) is 17.2. The summed E-state index contributed by atoms with van der Waals surface area (Å²) in [5.41, 5.74) is 14.5. The Labute approximate surface area is 382 Å². The van der Waals surface area contributed by atoms with Crippen molar-refractivity contribution < 1.29 is 4.42 Å². The molecule has 0 N–H and O–H groups in total. The van der Waals surface area contributed by atoms with E-state index in [0.29, 0.717) is 0 Å². The van der Waals surface area contributed by atoms with E-state index < -0.39 is 0 Å². The molecule has 0 aliphatic heterocycles. The van der Waals surface area contributed by atoms with Crippen molar-refractivity contribution in [2.45, 2.75) is 0 Å². The Morgan fingerprint density at radius 2 is 0.758 bits per heavy atom. The van der Waals surface area contributed by atoms with E-state index in [2.05, 4.69) is 254 Å². The monoisotopic (exact) mass is 839 g/mol. The van der Waals surface area contributed by atoms with E-state index in [1.807, 2.05) is 0 Å². The zero-order valence-electron chi connectivity index (χ0n) is 36.0. The van der Waals surface area contributed by atoms with Gasteiger partial charge in [-0.2, -0.15) is 0 Å².